The summed E-state index contributed by atoms with van der Waals surface area (Å²) in [5.41, 5.74) is 6.36. The van der Waals surface area contributed by atoms with Gasteiger partial charge in [0.2, 0.25) is 0 Å². The molecule has 1 aliphatic heterocycles. The zero-order valence-corrected chi connectivity index (χ0v) is 12.4. The highest BCUT2D eigenvalue weighted by Crippen LogP contribution is 2.23. The molecular formula is C15H23N3O2. The van der Waals surface area contributed by atoms with E-state index in [0.29, 0.717) is 6.54 Å². The quantitative estimate of drug-likeness (QED) is 0.650. The minimum atomic E-state index is -0.194. The van der Waals surface area contributed by atoms with Gasteiger partial charge in [-0.25, -0.2) is 0 Å². The van der Waals surface area contributed by atoms with Crippen molar-refractivity contribution < 1.29 is 4.74 Å². The second-order valence-corrected chi connectivity index (χ2v) is 6.35. The van der Waals surface area contributed by atoms with Gasteiger partial charge in [-0.3, -0.25) is 10.2 Å². The molecule has 0 saturated carbocycles. The Kier molecular flexibility index (Phi) is 3.99. The molecule has 2 heterocycles. The van der Waals surface area contributed by atoms with Gasteiger partial charge in [0.25, 0.3) is 5.56 Å². The second-order valence-electron chi connectivity index (χ2n) is 6.35. The summed E-state index contributed by atoms with van der Waals surface area (Å²) in [6, 6.07) is 3.55. The topological polar surface area (TPSA) is 81.1 Å². The Morgan fingerprint density at radius 3 is 2.70 bits per heavy atom. The molecule has 110 valence electrons. The lowest BCUT2D eigenvalue weighted by Gasteiger charge is -2.26. The van der Waals surface area contributed by atoms with Crippen molar-refractivity contribution in [1.29, 1.82) is 5.41 Å². The van der Waals surface area contributed by atoms with Crippen LogP contribution in [0.15, 0.2) is 16.9 Å². The number of nitrogens with zero attached hydrogens (tertiary/aromatic N) is 1. The first kappa shape index (κ1) is 14.8. The Hall–Kier alpha value is -1.62. The molecule has 5 heteroatoms. The number of hydrogen-bond donors (Lipinski definition) is 2. The van der Waals surface area contributed by atoms with Gasteiger partial charge in [0.1, 0.15) is 5.84 Å². The van der Waals surface area contributed by atoms with E-state index in [-0.39, 0.29) is 28.5 Å². The minimum Gasteiger partial charge on any atom is -0.384 e. The Morgan fingerprint density at radius 1 is 1.50 bits per heavy atom. The van der Waals surface area contributed by atoms with Crippen LogP contribution in [0.25, 0.3) is 0 Å². The van der Waals surface area contributed by atoms with Crippen LogP contribution in [-0.4, -0.2) is 23.1 Å². The van der Waals surface area contributed by atoms with Gasteiger partial charge in [0.05, 0.1) is 18.2 Å². The van der Waals surface area contributed by atoms with Crippen LogP contribution >= 0.6 is 0 Å². The summed E-state index contributed by atoms with van der Waals surface area (Å²) in [5, 5.41) is 7.52. The van der Waals surface area contributed by atoms with Gasteiger partial charge in [-0.15, -0.1) is 0 Å². The smallest absolute Gasteiger partial charge is 0.261 e. The normalized spacial score (nSPS) is 19.2. The van der Waals surface area contributed by atoms with Gasteiger partial charge in [0, 0.05) is 17.7 Å². The Balaban J connectivity index is 2.50. The van der Waals surface area contributed by atoms with Crippen molar-refractivity contribution in [3.8, 4) is 0 Å². The lowest BCUT2D eigenvalue weighted by molar-refractivity contribution is 0.0947. The molecule has 20 heavy (non-hydrogen) atoms. The SMILES string of the molecule is CC(C)(C)c1ccc(C(=N)N)c(=O)n1CC1CCCO1. The Labute approximate surface area is 119 Å². The van der Waals surface area contributed by atoms with Gasteiger partial charge < -0.3 is 15.0 Å². The minimum absolute atomic E-state index is 0.0796. The molecule has 1 aromatic rings. The highest BCUT2D eigenvalue weighted by atomic mass is 16.5. The van der Waals surface area contributed by atoms with E-state index in [9.17, 15) is 4.79 Å². The zero-order valence-electron chi connectivity index (χ0n) is 12.4. The third-order valence-corrected chi connectivity index (χ3v) is 3.64. The van der Waals surface area contributed by atoms with Crippen LogP contribution in [0.5, 0.6) is 0 Å². The maximum absolute atomic E-state index is 12.6. The first-order valence-electron chi connectivity index (χ1n) is 7.01. The number of rotatable bonds is 3. The van der Waals surface area contributed by atoms with Crippen LogP contribution in [0.1, 0.15) is 44.9 Å². The van der Waals surface area contributed by atoms with Gasteiger partial charge in [-0.05, 0) is 25.0 Å². The summed E-state index contributed by atoms with van der Waals surface area (Å²) in [4.78, 5) is 12.6. The van der Waals surface area contributed by atoms with Crippen molar-refractivity contribution in [3.05, 3.63) is 33.7 Å². The number of aromatic nitrogens is 1. The first-order chi connectivity index (χ1) is 9.30. The molecule has 2 rings (SSSR count). The van der Waals surface area contributed by atoms with E-state index in [1.54, 1.807) is 10.6 Å². The molecule has 0 spiro atoms. The van der Waals surface area contributed by atoms with Crippen molar-refractivity contribution in [1.82, 2.24) is 4.57 Å². The van der Waals surface area contributed by atoms with Crippen molar-refractivity contribution >= 4 is 5.84 Å². The lowest BCUT2D eigenvalue weighted by Crippen LogP contribution is -2.37. The molecule has 0 radical (unpaired) electrons. The summed E-state index contributed by atoms with van der Waals surface area (Å²) in [6.45, 7) is 7.51. The fraction of sp³-hybridized carbons (Fsp3) is 0.600. The number of nitrogen functional groups attached to an aromatic ring is 1. The van der Waals surface area contributed by atoms with Crippen LogP contribution in [0.3, 0.4) is 0 Å². The summed E-state index contributed by atoms with van der Waals surface area (Å²) in [5.74, 6) is -0.184. The number of amidine groups is 1. The maximum atomic E-state index is 12.6. The van der Waals surface area contributed by atoms with Crippen LogP contribution in [-0.2, 0) is 16.7 Å². The monoisotopic (exact) mass is 277 g/mol. The fourth-order valence-corrected chi connectivity index (χ4v) is 2.61. The highest BCUT2D eigenvalue weighted by Gasteiger charge is 2.24. The first-order valence-corrected chi connectivity index (χ1v) is 7.01. The molecule has 5 nitrogen and oxygen atoms in total. The summed E-state index contributed by atoms with van der Waals surface area (Å²) in [6.07, 6.45) is 2.09. The molecule has 0 aliphatic carbocycles. The van der Waals surface area contributed by atoms with Crippen molar-refractivity contribution in [2.45, 2.75) is 51.7 Å². The number of pyridine rings is 1. The van der Waals surface area contributed by atoms with E-state index >= 15 is 0 Å². The van der Waals surface area contributed by atoms with Crippen LogP contribution in [0.4, 0.5) is 0 Å². The van der Waals surface area contributed by atoms with Crippen LogP contribution in [0.2, 0.25) is 0 Å². The summed E-state index contributed by atoms with van der Waals surface area (Å²) < 4.78 is 7.36. The molecule has 1 fully saturated rings. The second kappa shape index (κ2) is 5.40. The lowest BCUT2D eigenvalue weighted by atomic mass is 9.90. The maximum Gasteiger partial charge on any atom is 0.261 e. The van der Waals surface area contributed by atoms with Crippen molar-refractivity contribution in [2.75, 3.05) is 6.61 Å². The molecule has 3 N–H and O–H groups in total. The van der Waals surface area contributed by atoms with Crippen molar-refractivity contribution in [3.63, 3.8) is 0 Å². The van der Waals surface area contributed by atoms with Gasteiger partial charge in [-0.2, -0.15) is 0 Å². The van der Waals surface area contributed by atoms with Gasteiger partial charge >= 0.3 is 0 Å². The molecule has 0 amide bonds. The molecule has 1 atom stereocenters. The molecule has 0 bridgehead atoms. The van der Waals surface area contributed by atoms with E-state index in [4.69, 9.17) is 15.9 Å². The average Bonchev–Trinajstić information content (AvgIpc) is 2.82. The molecule has 1 unspecified atom stereocenters. The molecule has 1 aliphatic rings. The van der Waals surface area contributed by atoms with Crippen LogP contribution < -0.4 is 11.3 Å². The van der Waals surface area contributed by atoms with Crippen molar-refractivity contribution in [2.24, 2.45) is 5.73 Å². The molecular weight excluding hydrogens is 254 g/mol. The summed E-state index contributed by atoms with van der Waals surface area (Å²) >= 11 is 0. The zero-order chi connectivity index (χ0) is 14.9. The third kappa shape index (κ3) is 2.93. The average molecular weight is 277 g/mol. The van der Waals surface area contributed by atoms with E-state index in [1.807, 2.05) is 6.07 Å². The van der Waals surface area contributed by atoms with Gasteiger partial charge in [-0.1, -0.05) is 20.8 Å². The Bertz CT molecular complexity index is 563. The standard InChI is InChI=1S/C15H23N3O2/c1-15(2,3)12-7-6-11(13(16)17)14(19)18(12)9-10-5-4-8-20-10/h6-7,10H,4-5,8-9H2,1-3H3,(H3,16,17). The molecule has 1 aromatic heterocycles. The largest absolute Gasteiger partial charge is 0.384 e. The number of ether oxygens (including phenoxy) is 1. The van der Waals surface area contributed by atoms with E-state index in [0.717, 1.165) is 25.1 Å². The van der Waals surface area contributed by atoms with Gasteiger partial charge in [0.15, 0.2) is 0 Å². The summed E-state index contributed by atoms with van der Waals surface area (Å²) in [7, 11) is 0. The number of hydrogen-bond acceptors (Lipinski definition) is 3. The van der Waals surface area contributed by atoms with E-state index in [2.05, 4.69) is 20.8 Å². The number of nitrogens with two attached hydrogens (primary N) is 1. The predicted molar refractivity (Wildman–Crippen MR) is 79.4 cm³/mol. The van der Waals surface area contributed by atoms with E-state index < -0.39 is 0 Å². The molecule has 1 saturated heterocycles. The predicted octanol–water partition coefficient (Wildman–Crippen LogP) is 1.61. The third-order valence-electron chi connectivity index (χ3n) is 3.64. The fourth-order valence-electron chi connectivity index (χ4n) is 2.61. The number of nitrogens with one attached hydrogen (secondary N) is 1. The highest BCUT2D eigenvalue weighted by molar-refractivity contribution is 5.94. The van der Waals surface area contributed by atoms with Crippen LogP contribution in [0, 0.1) is 5.41 Å². The molecule has 0 aromatic carbocycles. The Morgan fingerprint density at radius 2 is 2.20 bits per heavy atom. The van der Waals surface area contributed by atoms with E-state index in [1.165, 1.54) is 0 Å².